The smallest absolute Gasteiger partial charge is 0.415 e. The second-order valence-corrected chi connectivity index (χ2v) is 6.62. The lowest BCUT2D eigenvalue weighted by molar-refractivity contribution is 0.0292. The van der Waals surface area contributed by atoms with Crippen LogP contribution in [0.3, 0.4) is 0 Å². The number of halogens is 1. The zero-order valence-corrected chi connectivity index (χ0v) is 13.5. The summed E-state index contributed by atoms with van der Waals surface area (Å²) in [5.74, 6) is 0. The van der Waals surface area contributed by atoms with Gasteiger partial charge in [0, 0.05) is 10.9 Å². The number of hydrogen-bond donors (Lipinski definition) is 0. The summed E-state index contributed by atoms with van der Waals surface area (Å²) in [6, 6.07) is 1.95. The van der Waals surface area contributed by atoms with Crippen LogP contribution >= 0.6 is 27.3 Å². The minimum atomic E-state index is -0.512. The van der Waals surface area contributed by atoms with Gasteiger partial charge < -0.3 is 9.47 Å². The molecule has 4 nitrogen and oxygen atoms in total. The van der Waals surface area contributed by atoms with Gasteiger partial charge in [0.25, 0.3) is 0 Å². The zero-order chi connectivity index (χ0) is 14.0. The maximum Gasteiger partial charge on any atom is 0.415 e. The Kier molecular flexibility index (Phi) is 4.20. The van der Waals surface area contributed by atoms with Gasteiger partial charge in [-0.15, -0.1) is 0 Å². The van der Waals surface area contributed by atoms with Gasteiger partial charge in [0.2, 0.25) is 0 Å². The highest BCUT2D eigenvalue weighted by molar-refractivity contribution is 9.11. The van der Waals surface area contributed by atoms with Crippen LogP contribution < -0.4 is 0 Å². The molecule has 1 amide bonds. The molecule has 0 bridgehead atoms. The van der Waals surface area contributed by atoms with Crippen molar-refractivity contribution in [2.75, 3.05) is 13.2 Å². The largest absolute Gasteiger partial charge is 0.483 e. The third-order valence-electron chi connectivity index (χ3n) is 2.41. The Balaban J connectivity index is 2.28. The molecule has 0 saturated heterocycles. The molecule has 0 aromatic carbocycles. The fraction of sp³-hybridized carbons (Fsp3) is 0.462. The molecule has 0 unspecified atom stereocenters. The molecule has 19 heavy (non-hydrogen) atoms. The average molecular weight is 346 g/mol. The van der Waals surface area contributed by atoms with Crippen LogP contribution in [0.1, 0.15) is 26.3 Å². The number of carbonyl (C=O) groups excluding carboxylic acids is 1. The van der Waals surface area contributed by atoms with Gasteiger partial charge in [0.15, 0.2) is 4.67 Å². The van der Waals surface area contributed by atoms with Crippen LogP contribution in [0.25, 0.3) is 5.70 Å². The van der Waals surface area contributed by atoms with Crippen molar-refractivity contribution in [3.63, 3.8) is 0 Å². The lowest BCUT2D eigenvalue weighted by Gasteiger charge is -2.32. The molecule has 0 aliphatic carbocycles. The Morgan fingerprint density at radius 2 is 2.26 bits per heavy atom. The molecule has 104 valence electrons. The molecule has 1 aliphatic heterocycles. The molecule has 0 saturated carbocycles. The van der Waals surface area contributed by atoms with E-state index < -0.39 is 5.60 Å². The Morgan fingerprint density at radius 3 is 2.84 bits per heavy atom. The molecular formula is C13H16BrNO3S. The summed E-state index contributed by atoms with van der Waals surface area (Å²) in [6.07, 6.45) is -0.353. The van der Waals surface area contributed by atoms with E-state index in [1.54, 1.807) is 16.2 Å². The summed E-state index contributed by atoms with van der Waals surface area (Å²) in [5.41, 5.74) is 1.16. The fourth-order valence-electron chi connectivity index (χ4n) is 1.68. The third kappa shape index (κ3) is 3.51. The molecule has 0 fully saturated rings. The normalized spacial score (nSPS) is 16.3. The lowest BCUT2D eigenvalue weighted by atomic mass is 10.2. The second kappa shape index (κ2) is 5.54. The van der Waals surface area contributed by atoms with Gasteiger partial charge in [-0.1, -0.05) is 0 Å². The quantitative estimate of drug-likeness (QED) is 0.770. The van der Waals surface area contributed by atoms with E-state index in [2.05, 4.69) is 15.9 Å². The number of amides is 1. The number of ether oxygens (including phenoxy) is 2. The predicted octanol–water partition coefficient (Wildman–Crippen LogP) is 4.04. The average Bonchev–Trinajstić information content (AvgIpc) is 2.79. The van der Waals surface area contributed by atoms with E-state index in [1.807, 2.05) is 37.6 Å². The van der Waals surface area contributed by atoms with Crippen LogP contribution in [0.15, 0.2) is 21.5 Å². The molecule has 1 aromatic rings. The van der Waals surface area contributed by atoms with E-state index in [0.29, 0.717) is 17.8 Å². The zero-order valence-electron chi connectivity index (χ0n) is 11.1. The minimum absolute atomic E-state index is 0.353. The number of nitrogens with zero attached hydrogens (tertiary/aromatic N) is 1. The van der Waals surface area contributed by atoms with Crippen LogP contribution in [0.5, 0.6) is 0 Å². The van der Waals surface area contributed by atoms with Crippen LogP contribution in [0, 0.1) is 0 Å². The van der Waals surface area contributed by atoms with E-state index in [4.69, 9.17) is 9.47 Å². The Labute approximate surface area is 125 Å². The van der Waals surface area contributed by atoms with Gasteiger partial charge in [0.05, 0.1) is 6.54 Å². The van der Waals surface area contributed by atoms with E-state index in [0.717, 1.165) is 11.3 Å². The Hall–Kier alpha value is -1.01. The first-order valence-electron chi connectivity index (χ1n) is 5.94. The molecule has 0 radical (unpaired) electrons. The molecule has 1 aliphatic rings. The minimum Gasteiger partial charge on any atom is -0.483 e. The molecular weight excluding hydrogens is 330 g/mol. The van der Waals surface area contributed by atoms with Gasteiger partial charge >= 0.3 is 6.09 Å². The van der Waals surface area contributed by atoms with Crippen molar-refractivity contribution in [3.05, 3.63) is 27.1 Å². The van der Waals surface area contributed by atoms with Crippen molar-refractivity contribution in [1.82, 2.24) is 4.90 Å². The summed E-state index contributed by atoms with van der Waals surface area (Å²) >= 11 is 4.95. The van der Waals surface area contributed by atoms with E-state index in [1.165, 1.54) is 0 Å². The monoisotopic (exact) mass is 345 g/mol. The molecule has 0 atom stereocenters. The van der Waals surface area contributed by atoms with Crippen LogP contribution in [0.4, 0.5) is 4.79 Å². The molecule has 6 heteroatoms. The SMILES string of the molecule is CC(C)(C)OC(=O)N1CCOC(Br)=C1c1ccsc1. The molecule has 2 heterocycles. The Bertz CT molecular complexity index is 490. The maximum atomic E-state index is 12.3. The summed E-state index contributed by atoms with van der Waals surface area (Å²) in [6.45, 7) is 6.50. The molecule has 2 rings (SSSR count). The van der Waals surface area contributed by atoms with Gasteiger partial charge in [-0.05, 0) is 48.1 Å². The summed E-state index contributed by atoms with van der Waals surface area (Å²) in [4.78, 5) is 13.9. The standard InChI is InChI=1S/C13H16BrNO3S/c1-13(2,3)18-12(16)15-5-6-17-11(14)10(15)9-4-7-19-8-9/h4,7-8H,5-6H2,1-3H3. The maximum absolute atomic E-state index is 12.3. The van der Waals surface area contributed by atoms with Gasteiger partial charge in [-0.25, -0.2) is 4.79 Å². The van der Waals surface area contributed by atoms with E-state index in [9.17, 15) is 4.79 Å². The van der Waals surface area contributed by atoms with Crippen molar-refractivity contribution in [1.29, 1.82) is 0 Å². The number of thiophene rings is 1. The topological polar surface area (TPSA) is 38.8 Å². The van der Waals surface area contributed by atoms with Crippen LogP contribution in [0.2, 0.25) is 0 Å². The lowest BCUT2D eigenvalue weighted by Crippen LogP contribution is -2.39. The van der Waals surface area contributed by atoms with Gasteiger partial charge in [-0.3, -0.25) is 4.90 Å². The van der Waals surface area contributed by atoms with E-state index >= 15 is 0 Å². The van der Waals surface area contributed by atoms with Gasteiger partial charge in [0.1, 0.15) is 17.9 Å². The summed E-state index contributed by atoms with van der Waals surface area (Å²) in [7, 11) is 0. The van der Waals surface area contributed by atoms with Crippen molar-refractivity contribution in [2.45, 2.75) is 26.4 Å². The number of hydrogen-bond acceptors (Lipinski definition) is 4. The highest BCUT2D eigenvalue weighted by Crippen LogP contribution is 2.32. The summed E-state index contributed by atoms with van der Waals surface area (Å²) in [5, 5.41) is 3.94. The van der Waals surface area contributed by atoms with Crippen LogP contribution in [-0.4, -0.2) is 29.7 Å². The Morgan fingerprint density at radius 1 is 1.53 bits per heavy atom. The summed E-state index contributed by atoms with van der Waals surface area (Å²) < 4.78 is 11.5. The van der Waals surface area contributed by atoms with Crippen molar-refractivity contribution in [2.24, 2.45) is 0 Å². The van der Waals surface area contributed by atoms with E-state index in [-0.39, 0.29) is 6.09 Å². The fourth-order valence-corrected chi connectivity index (χ4v) is 2.93. The predicted molar refractivity (Wildman–Crippen MR) is 79.1 cm³/mol. The van der Waals surface area contributed by atoms with Crippen molar-refractivity contribution in [3.8, 4) is 0 Å². The second-order valence-electron chi connectivity index (χ2n) is 5.11. The molecule has 1 aromatic heterocycles. The van der Waals surface area contributed by atoms with Crippen molar-refractivity contribution < 1.29 is 14.3 Å². The third-order valence-corrected chi connectivity index (χ3v) is 3.70. The highest BCUT2D eigenvalue weighted by atomic mass is 79.9. The molecule has 0 spiro atoms. The number of carbonyl (C=O) groups is 1. The highest BCUT2D eigenvalue weighted by Gasteiger charge is 2.30. The van der Waals surface area contributed by atoms with Crippen LogP contribution in [-0.2, 0) is 9.47 Å². The first-order valence-corrected chi connectivity index (χ1v) is 7.68. The first kappa shape index (κ1) is 14.4. The molecule has 0 N–H and O–H groups in total. The number of rotatable bonds is 1. The van der Waals surface area contributed by atoms with Gasteiger partial charge in [-0.2, -0.15) is 11.3 Å². The van der Waals surface area contributed by atoms with Crippen molar-refractivity contribution >= 4 is 39.1 Å². The first-order chi connectivity index (χ1) is 8.88.